The molecule has 0 saturated carbocycles. The van der Waals surface area contributed by atoms with E-state index in [1.165, 1.54) is 36.4 Å². The standard InChI is InChI=1S/C16H12O5/c17-10-11-5-4-8-13(9-11)16(21,15(19)20)14(18)12-6-2-1-3-7-12/h1-10,21H,(H,19,20). The number of aliphatic hydroxyl groups is 1. The van der Waals surface area contributed by atoms with Crippen LogP contribution < -0.4 is 0 Å². The number of carbonyl (C=O) groups is 3. The van der Waals surface area contributed by atoms with Crippen LogP contribution >= 0.6 is 0 Å². The normalized spacial score (nSPS) is 13.2. The Balaban J connectivity index is 2.57. The number of benzene rings is 2. The van der Waals surface area contributed by atoms with E-state index < -0.39 is 17.4 Å². The number of carboxylic acid groups (broad SMARTS) is 1. The van der Waals surface area contributed by atoms with Gasteiger partial charge in [-0.2, -0.15) is 0 Å². The molecule has 2 N–H and O–H groups in total. The summed E-state index contributed by atoms with van der Waals surface area (Å²) in [5.74, 6) is -2.65. The summed E-state index contributed by atoms with van der Waals surface area (Å²) in [5, 5.41) is 19.8. The molecule has 0 aliphatic heterocycles. The molecular weight excluding hydrogens is 272 g/mol. The van der Waals surface area contributed by atoms with Gasteiger partial charge in [-0.3, -0.25) is 9.59 Å². The molecule has 0 fully saturated rings. The fourth-order valence-corrected chi connectivity index (χ4v) is 1.99. The third kappa shape index (κ3) is 2.59. The lowest BCUT2D eigenvalue weighted by Gasteiger charge is -2.22. The Labute approximate surface area is 120 Å². The summed E-state index contributed by atoms with van der Waals surface area (Å²) in [6, 6.07) is 13.0. The molecule has 0 aromatic heterocycles. The molecule has 0 aliphatic carbocycles. The smallest absolute Gasteiger partial charge is 0.348 e. The maximum Gasteiger partial charge on any atom is 0.348 e. The van der Waals surface area contributed by atoms with Gasteiger partial charge in [-0.25, -0.2) is 4.79 Å². The minimum atomic E-state index is -2.74. The summed E-state index contributed by atoms with van der Waals surface area (Å²) >= 11 is 0. The van der Waals surface area contributed by atoms with E-state index in [-0.39, 0.29) is 16.7 Å². The maximum absolute atomic E-state index is 12.4. The monoisotopic (exact) mass is 284 g/mol. The van der Waals surface area contributed by atoms with Crippen LogP contribution in [-0.4, -0.2) is 28.3 Å². The molecule has 5 heteroatoms. The Morgan fingerprint density at radius 2 is 1.67 bits per heavy atom. The van der Waals surface area contributed by atoms with Gasteiger partial charge in [0.05, 0.1) is 0 Å². The number of Topliss-reactive ketones (excluding diaryl/α,β-unsaturated/α-hetero) is 1. The van der Waals surface area contributed by atoms with Crippen LogP contribution in [-0.2, 0) is 10.4 Å². The predicted molar refractivity (Wildman–Crippen MR) is 74.1 cm³/mol. The van der Waals surface area contributed by atoms with Gasteiger partial charge in [-0.1, -0.05) is 48.5 Å². The molecule has 0 spiro atoms. The molecule has 2 rings (SSSR count). The van der Waals surface area contributed by atoms with Crippen molar-refractivity contribution in [3.05, 3.63) is 71.3 Å². The molecular formula is C16H12O5. The molecule has 0 saturated heterocycles. The Kier molecular flexibility index (Phi) is 3.95. The van der Waals surface area contributed by atoms with Crippen molar-refractivity contribution in [1.29, 1.82) is 0 Å². The van der Waals surface area contributed by atoms with Crippen molar-refractivity contribution >= 4 is 18.0 Å². The Bertz CT molecular complexity index is 693. The third-order valence-corrected chi connectivity index (χ3v) is 3.11. The second kappa shape index (κ2) is 5.68. The predicted octanol–water partition coefficient (Wildman–Crippen LogP) is 1.65. The SMILES string of the molecule is O=Cc1cccc(C(O)(C(=O)O)C(=O)c2ccccc2)c1. The van der Waals surface area contributed by atoms with Gasteiger partial charge in [0, 0.05) is 16.7 Å². The molecule has 5 nitrogen and oxygen atoms in total. The first-order valence-electron chi connectivity index (χ1n) is 6.11. The van der Waals surface area contributed by atoms with Crippen molar-refractivity contribution in [2.45, 2.75) is 5.60 Å². The first-order valence-corrected chi connectivity index (χ1v) is 6.11. The second-order valence-corrected chi connectivity index (χ2v) is 4.45. The average molecular weight is 284 g/mol. The van der Waals surface area contributed by atoms with Crippen LogP contribution in [0.2, 0.25) is 0 Å². The largest absolute Gasteiger partial charge is 0.478 e. The van der Waals surface area contributed by atoms with E-state index in [9.17, 15) is 24.6 Å². The highest BCUT2D eigenvalue weighted by atomic mass is 16.4. The number of ketones is 1. The highest BCUT2D eigenvalue weighted by molar-refractivity contribution is 6.15. The van der Waals surface area contributed by atoms with Gasteiger partial charge in [0.25, 0.3) is 5.60 Å². The molecule has 0 amide bonds. The van der Waals surface area contributed by atoms with Crippen LogP contribution in [0.3, 0.4) is 0 Å². The van der Waals surface area contributed by atoms with E-state index in [1.807, 2.05) is 0 Å². The van der Waals surface area contributed by atoms with Crippen molar-refractivity contribution < 1.29 is 24.6 Å². The van der Waals surface area contributed by atoms with Gasteiger partial charge in [-0.15, -0.1) is 0 Å². The van der Waals surface area contributed by atoms with E-state index in [0.29, 0.717) is 6.29 Å². The fraction of sp³-hybridized carbons (Fsp3) is 0.0625. The summed E-state index contributed by atoms with van der Waals surface area (Å²) in [6.45, 7) is 0. The van der Waals surface area contributed by atoms with Gasteiger partial charge >= 0.3 is 5.97 Å². The highest BCUT2D eigenvalue weighted by Gasteiger charge is 2.46. The van der Waals surface area contributed by atoms with Crippen LogP contribution in [0.15, 0.2) is 54.6 Å². The number of carbonyl (C=O) groups excluding carboxylic acids is 2. The summed E-state index contributed by atoms with van der Waals surface area (Å²) < 4.78 is 0. The zero-order chi connectivity index (χ0) is 15.5. The van der Waals surface area contributed by atoms with Crippen molar-refractivity contribution in [3.63, 3.8) is 0 Å². The van der Waals surface area contributed by atoms with E-state index in [2.05, 4.69) is 0 Å². The molecule has 21 heavy (non-hydrogen) atoms. The molecule has 1 atom stereocenters. The molecule has 0 aliphatic rings. The first-order chi connectivity index (χ1) is 10.00. The topological polar surface area (TPSA) is 91.7 Å². The van der Waals surface area contributed by atoms with Crippen molar-refractivity contribution in [2.24, 2.45) is 0 Å². The number of rotatable bonds is 5. The van der Waals surface area contributed by atoms with Crippen LogP contribution in [0.25, 0.3) is 0 Å². The molecule has 2 aromatic rings. The number of hydrogen-bond acceptors (Lipinski definition) is 4. The van der Waals surface area contributed by atoms with Gasteiger partial charge in [0.2, 0.25) is 5.78 Å². The zero-order valence-electron chi connectivity index (χ0n) is 10.9. The van der Waals surface area contributed by atoms with Gasteiger partial charge in [-0.05, 0) is 6.07 Å². The first kappa shape index (κ1) is 14.6. The Morgan fingerprint density at radius 1 is 1.00 bits per heavy atom. The average Bonchev–Trinajstić information content (AvgIpc) is 2.54. The Hall–Kier alpha value is -2.79. The highest BCUT2D eigenvalue weighted by Crippen LogP contribution is 2.27. The lowest BCUT2D eigenvalue weighted by molar-refractivity contribution is -0.154. The van der Waals surface area contributed by atoms with Gasteiger partial charge in [0.15, 0.2) is 0 Å². The van der Waals surface area contributed by atoms with Crippen LogP contribution in [0.5, 0.6) is 0 Å². The second-order valence-electron chi connectivity index (χ2n) is 4.45. The van der Waals surface area contributed by atoms with Crippen molar-refractivity contribution in [2.75, 3.05) is 0 Å². The summed E-state index contributed by atoms with van der Waals surface area (Å²) in [7, 11) is 0. The molecule has 106 valence electrons. The number of hydrogen-bond donors (Lipinski definition) is 2. The minimum Gasteiger partial charge on any atom is -0.478 e. The van der Waals surface area contributed by atoms with E-state index in [0.717, 1.165) is 0 Å². The maximum atomic E-state index is 12.4. The van der Waals surface area contributed by atoms with E-state index in [4.69, 9.17) is 0 Å². The quantitative estimate of drug-likeness (QED) is 0.495. The van der Waals surface area contributed by atoms with E-state index in [1.54, 1.807) is 18.2 Å². The summed E-state index contributed by atoms with van der Waals surface area (Å²) in [4.78, 5) is 34.6. The number of carboxylic acids is 1. The van der Waals surface area contributed by atoms with E-state index >= 15 is 0 Å². The van der Waals surface area contributed by atoms with Crippen LogP contribution in [0.4, 0.5) is 0 Å². The lowest BCUT2D eigenvalue weighted by atomic mass is 9.85. The summed E-state index contributed by atoms with van der Waals surface area (Å²) in [6.07, 6.45) is 0.513. The lowest BCUT2D eigenvalue weighted by Crippen LogP contribution is -2.43. The zero-order valence-corrected chi connectivity index (χ0v) is 10.9. The number of aliphatic carboxylic acids is 1. The van der Waals surface area contributed by atoms with Crippen molar-refractivity contribution in [1.82, 2.24) is 0 Å². The Morgan fingerprint density at radius 3 is 2.24 bits per heavy atom. The van der Waals surface area contributed by atoms with Crippen molar-refractivity contribution in [3.8, 4) is 0 Å². The third-order valence-electron chi connectivity index (χ3n) is 3.11. The molecule has 0 heterocycles. The van der Waals surface area contributed by atoms with Crippen LogP contribution in [0, 0.1) is 0 Å². The minimum absolute atomic E-state index is 0.0684. The fourth-order valence-electron chi connectivity index (χ4n) is 1.99. The molecule has 1 unspecified atom stereocenters. The molecule has 2 aromatic carbocycles. The van der Waals surface area contributed by atoms with Gasteiger partial charge in [0.1, 0.15) is 6.29 Å². The molecule has 0 bridgehead atoms. The summed E-state index contributed by atoms with van der Waals surface area (Å²) in [5.41, 5.74) is -2.65. The van der Waals surface area contributed by atoms with Gasteiger partial charge < -0.3 is 10.2 Å². The number of aldehydes is 1. The van der Waals surface area contributed by atoms with Crippen LogP contribution in [0.1, 0.15) is 26.3 Å². The molecule has 0 radical (unpaired) electrons.